The maximum atomic E-state index is 5.78. The van der Waals surface area contributed by atoms with Gasteiger partial charge in [-0.3, -0.25) is 0 Å². The highest BCUT2D eigenvalue weighted by molar-refractivity contribution is 4.77. The Kier molecular flexibility index (Phi) is 4.62. The Bertz CT molecular complexity index is 116. The van der Waals surface area contributed by atoms with Gasteiger partial charge in [0.1, 0.15) is 0 Å². The van der Waals surface area contributed by atoms with Crippen molar-refractivity contribution < 1.29 is 4.74 Å². The van der Waals surface area contributed by atoms with E-state index < -0.39 is 0 Å². The molecule has 1 saturated carbocycles. The maximum Gasteiger partial charge on any atom is 0.0590 e. The molecule has 72 valence electrons. The Hall–Kier alpha value is -0.0800. The molecule has 0 heterocycles. The van der Waals surface area contributed by atoms with Crippen LogP contribution in [0.3, 0.4) is 0 Å². The topological polar surface area (TPSA) is 35.2 Å². The van der Waals surface area contributed by atoms with Crippen LogP contribution in [0.5, 0.6) is 0 Å². The van der Waals surface area contributed by atoms with Crippen molar-refractivity contribution in [3.8, 4) is 0 Å². The van der Waals surface area contributed by atoms with Gasteiger partial charge in [-0.15, -0.1) is 0 Å². The van der Waals surface area contributed by atoms with Gasteiger partial charge >= 0.3 is 0 Å². The van der Waals surface area contributed by atoms with Crippen molar-refractivity contribution in [2.75, 3.05) is 6.61 Å². The van der Waals surface area contributed by atoms with Crippen LogP contribution in [-0.4, -0.2) is 18.8 Å². The van der Waals surface area contributed by atoms with E-state index in [1.165, 1.54) is 25.7 Å². The van der Waals surface area contributed by atoms with Gasteiger partial charge in [0.15, 0.2) is 0 Å². The summed E-state index contributed by atoms with van der Waals surface area (Å²) in [5, 5.41) is 0. The molecule has 12 heavy (non-hydrogen) atoms. The first kappa shape index (κ1) is 10.0. The first-order valence-corrected chi connectivity index (χ1v) is 5.20. The Morgan fingerprint density at radius 2 is 2.17 bits per heavy atom. The van der Waals surface area contributed by atoms with E-state index in [9.17, 15) is 0 Å². The molecule has 0 aliphatic heterocycles. The fourth-order valence-electron chi connectivity index (χ4n) is 1.73. The normalized spacial score (nSPS) is 29.5. The third-order valence-electron chi connectivity index (χ3n) is 2.53. The minimum absolute atomic E-state index is 0.404. The van der Waals surface area contributed by atoms with Crippen molar-refractivity contribution in [3.05, 3.63) is 0 Å². The predicted molar refractivity (Wildman–Crippen MR) is 51.1 cm³/mol. The largest absolute Gasteiger partial charge is 0.378 e. The van der Waals surface area contributed by atoms with Gasteiger partial charge in [-0.05, 0) is 25.7 Å². The first-order chi connectivity index (χ1) is 5.83. The van der Waals surface area contributed by atoms with Crippen LogP contribution in [-0.2, 0) is 4.74 Å². The number of rotatable bonds is 5. The van der Waals surface area contributed by atoms with Gasteiger partial charge in [-0.25, -0.2) is 0 Å². The Labute approximate surface area is 75.5 Å². The Morgan fingerprint density at radius 3 is 2.75 bits per heavy atom. The second kappa shape index (κ2) is 5.55. The summed E-state index contributed by atoms with van der Waals surface area (Å²) in [6.07, 6.45) is 7.64. The lowest BCUT2D eigenvalue weighted by atomic mass is 10.2. The van der Waals surface area contributed by atoms with Crippen molar-refractivity contribution in [2.24, 2.45) is 5.73 Å². The molecule has 2 unspecified atom stereocenters. The summed E-state index contributed by atoms with van der Waals surface area (Å²) in [4.78, 5) is 0. The van der Waals surface area contributed by atoms with Crippen LogP contribution in [0.4, 0.5) is 0 Å². The van der Waals surface area contributed by atoms with Gasteiger partial charge < -0.3 is 10.5 Å². The van der Waals surface area contributed by atoms with Crippen LogP contribution in [0.2, 0.25) is 0 Å². The van der Waals surface area contributed by atoms with Gasteiger partial charge in [0.2, 0.25) is 0 Å². The fourth-order valence-corrected chi connectivity index (χ4v) is 1.73. The third kappa shape index (κ3) is 3.55. The van der Waals surface area contributed by atoms with Crippen molar-refractivity contribution in [1.29, 1.82) is 0 Å². The molecule has 0 bridgehead atoms. The highest BCUT2D eigenvalue weighted by atomic mass is 16.5. The van der Waals surface area contributed by atoms with Crippen molar-refractivity contribution in [3.63, 3.8) is 0 Å². The van der Waals surface area contributed by atoms with E-state index >= 15 is 0 Å². The molecule has 2 heteroatoms. The molecule has 1 rings (SSSR count). The minimum atomic E-state index is 0.404. The summed E-state index contributed by atoms with van der Waals surface area (Å²) in [5.41, 5.74) is 5.78. The lowest BCUT2D eigenvalue weighted by Gasteiger charge is -2.10. The summed E-state index contributed by atoms with van der Waals surface area (Å²) in [5.74, 6) is 0. The zero-order chi connectivity index (χ0) is 8.81. The summed E-state index contributed by atoms with van der Waals surface area (Å²) >= 11 is 0. The molecule has 1 aliphatic rings. The molecule has 0 amide bonds. The van der Waals surface area contributed by atoms with Crippen LogP contribution in [0.25, 0.3) is 0 Å². The Balaban J connectivity index is 1.93. The maximum absolute atomic E-state index is 5.78. The fraction of sp³-hybridized carbons (Fsp3) is 1.00. The van der Waals surface area contributed by atoms with E-state index in [1.807, 2.05) is 0 Å². The minimum Gasteiger partial charge on any atom is -0.378 e. The molecular weight excluding hydrogens is 150 g/mol. The number of ether oxygens (including phenoxy) is 1. The van der Waals surface area contributed by atoms with Crippen LogP contribution < -0.4 is 5.73 Å². The number of hydrogen-bond donors (Lipinski definition) is 1. The van der Waals surface area contributed by atoms with Gasteiger partial charge in [0.25, 0.3) is 0 Å². The van der Waals surface area contributed by atoms with E-state index in [1.54, 1.807) is 0 Å². The molecule has 1 fully saturated rings. The molecule has 0 aromatic rings. The highest BCUT2D eigenvalue weighted by Crippen LogP contribution is 2.20. The standard InChI is InChI=1S/C10H21NO/c1-2-3-4-7-12-10-6-5-9(11)8-10/h9-10H,2-8,11H2,1H3. The van der Waals surface area contributed by atoms with E-state index in [0.29, 0.717) is 12.1 Å². The van der Waals surface area contributed by atoms with Crippen molar-refractivity contribution in [2.45, 2.75) is 57.6 Å². The first-order valence-electron chi connectivity index (χ1n) is 5.20. The molecule has 2 atom stereocenters. The lowest BCUT2D eigenvalue weighted by Crippen LogP contribution is -2.17. The van der Waals surface area contributed by atoms with Gasteiger partial charge in [0, 0.05) is 12.6 Å². The summed E-state index contributed by atoms with van der Waals surface area (Å²) in [6.45, 7) is 3.15. The molecule has 0 saturated heterocycles. The van der Waals surface area contributed by atoms with E-state index in [-0.39, 0.29) is 0 Å². The number of hydrogen-bond acceptors (Lipinski definition) is 2. The molecule has 0 aromatic carbocycles. The van der Waals surface area contributed by atoms with Gasteiger partial charge in [-0.2, -0.15) is 0 Å². The third-order valence-corrected chi connectivity index (χ3v) is 2.53. The zero-order valence-electron chi connectivity index (χ0n) is 8.09. The molecule has 2 nitrogen and oxygen atoms in total. The van der Waals surface area contributed by atoms with E-state index in [2.05, 4.69) is 6.92 Å². The molecule has 2 N–H and O–H groups in total. The summed E-state index contributed by atoms with van der Waals surface area (Å²) in [7, 11) is 0. The molecular formula is C10H21NO. The van der Waals surface area contributed by atoms with Gasteiger partial charge in [0.05, 0.1) is 6.10 Å². The Morgan fingerprint density at radius 1 is 1.33 bits per heavy atom. The predicted octanol–water partition coefficient (Wildman–Crippen LogP) is 2.07. The summed E-state index contributed by atoms with van der Waals surface area (Å²) in [6, 6.07) is 0.404. The van der Waals surface area contributed by atoms with E-state index in [0.717, 1.165) is 19.4 Å². The average Bonchev–Trinajstić information content (AvgIpc) is 2.45. The van der Waals surface area contributed by atoms with Crippen LogP contribution >= 0.6 is 0 Å². The average molecular weight is 171 g/mol. The molecule has 0 aromatic heterocycles. The monoisotopic (exact) mass is 171 g/mol. The smallest absolute Gasteiger partial charge is 0.0590 e. The van der Waals surface area contributed by atoms with Gasteiger partial charge in [-0.1, -0.05) is 19.8 Å². The second-order valence-corrected chi connectivity index (χ2v) is 3.77. The zero-order valence-corrected chi connectivity index (χ0v) is 8.09. The number of unbranched alkanes of at least 4 members (excludes halogenated alkanes) is 2. The number of nitrogens with two attached hydrogens (primary N) is 1. The van der Waals surface area contributed by atoms with Crippen molar-refractivity contribution >= 4 is 0 Å². The molecule has 1 aliphatic carbocycles. The van der Waals surface area contributed by atoms with E-state index in [4.69, 9.17) is 10.5 Å². The molecule has 0 radical (unpaired) electrons. The van der Waals surface area contributed by atoms with Crippen LogP contribution in [0, 0.1) is 0 Å². The SMILES string of the molecule is CCCCCOC1CCC(N)C1. The van der Waals surface area contributed by atoms with Crippen LogP contribution in [0.15, 0.2) is 0 Å². The van der Waals surface area contributed by atoms with Crippen molar-refractivity contribution in [1.82, 2.24) is 0 Å². The summed E-state index contributed by atoms with van der Waals surface area (Å²) < 4.78 is 5.70. The molecule has 0 spiro atoms. The lowest BCUT2D eigenvalue weighted by molar-refractivity contribution is 0.0550. The quantitative estimate of drug-likeness (QED) is 0.643. The second-order valence-electron chi connectivity index (χ2n) is 3.77. The highest BCUT2D eigenvalue weighted by Gasteiger charge is 2.21. The van der Waals surface area contributed by atoms with Crippen LogP contribution in [0.1, 0.15) is 45.4 Å².